The Morgan fingerprint density at radius 1 is 1.25 bits per heavy atom. The monoisotopic (exact) mass is 338 g/mol. The third-order valence-electron chi connectivity index (χ3n) is 3.73. The van der Waals surface area contributed by atoms with Crippen molar-refractivity contribution < 1.29 is 24.1 Å². The summed E-state index contributed by atoms with van der Waals surface area (Å²) in [7, 11) is 0. The molecule has 0 spiro atoms. The maximum absolute atomic E-state index is 11.5. The Kier molecular flexibility index (Phi) is 8.97. The van der Waals surface area contributed by atoms with Gasteiger partial charge in [-0.25, -0.2) is 4.79 Å². The zero-order valence-corrected chi connectivity index (χ0v) is 15.3. The van der Waals surface area contributed by atoms with Gasteiger partial charge in [0.05, 0.1) is 6.61 Å². The highest BCUT2D eigenvalue weighted by molar-refractivity contribution is 5.82. The van der Waals surface area contributed by atoms with Crippen molar-refractivity contribution in [3.05, 3.63) is 35.5 Å². The summed E-state index contributed by atoms with van der Waals surface area (Å²) < 4.78 is 16.5. The minimum atomic E-state index is -0.919. The first-order chi connectivity index (χ1) is 11.4. The summed E-state index contributed by atoms with van der Waals surface area (Å²) in [6.07, 6.45) is 6.26. The molecule has 0 saturated heterocycles. The zero-order valence-electron chi connectivity index (χ0n) is 15.3. The van der Waals surface area contributed by atoms with Crippen LogP contribution in [0.15, 0.2) is 35.5 Å². The standard InChI is InChI=1S/C19H30O5/c1-6-22-17(20)12-14(5)18(21)16-11-10-15(9-8-13(3)4)19(24-16)23-7-2/h8,10-12,15-16,18-19,21H,6-7,9H2,1-5H3/b14-12+/t15-,16-,18-,19+/m1/s1. The fourth-order valence-electron chi connectivity index (χ4n) is 2.43. The second-order valence-electron chi connectivity index (χ2n) is 6.08. The van der Waals surface area contributed by atoms with Gasteiger partial charge in [-0.05, 0) is 46.6 Å². The van der Waals surface area contributed by atoms with Gasteiger partial charge in [0, 0.05) is 18.6 Å². The molecule has 1 N–H and O–H groups in total. The first kappa shape index (κ1) is 20.6. The van der Waals surface area contributed by atoms with Crippen molar-refractivity contribution in [2.24, 2.45) is 5.92 Å². The second-order valence-corrected chi connectivity index (χ2v) is 6.08. The number of hydrogen-bond acceptors (Lipinski definition) is 5. The quantitative estimate of drug-likeness (QED) is 0.418. The Morgan fingerprint density at radius 2 is 1.96 bits per heavy atom. The van der Waals surface area contributed by atoms with Gasteiger partial charge in [-0.2, -0.15) is 0 Å². The molecule has 136 valence electrons. The van der Waals surface area contributed by atoms with Crippen LogP contribution >= 0.6 is 0 Å². The van der Waals surface area contributed by atoms with Crippen molar-refractivity contribution in [2.75, 3.05) is 13.2 Å². The normalized spacial score (nSPS) is 25.2. The number of aliphatic hydroxyl groups excluding tert-OH is 1. The average molecular weight is 338 g/mol. The first-order valence-electron chi connectivity index (χ1n) is 8.50. The van der Waals surface area contributed by atoms with Crippen LogP contribution in [0.4, 0.5) is 0 Å². The number of rotatable bonds is 8. The van der Waals surface area contributed by atoms with Crippen LogP contribution in [0, 0.1) is 5.92 Å². The Bertz CT molecular complexity index is 488. The van der Waals surface area contributed by atoms with E-state index in [1.807, 2.05) is 19.1 Å². The van der Waals surface area contributed by atoms with E-state index in [4.69, 9.17) is 14.2 Å². The molecule has 0 fully saturated rings. The summed E-state index contributed by atoms with van der Waals surface area (Å²) in [6, 6.07) is 0. The average Bonchev–Trinajstić information content (AvgIpc) is 2.53. The molecule has 1 aliphatic heterocycles. The van der Waals surface area contributed by atoms with Crippen molar-refractivity contribution in [2.45, 2.75) is 59.5 Å². The van der Waals surface area contributed by atoms with Gasteiger partial charge in [0.1, 0.15) is 12.2 Å². The first-order valence-corrected chi connectivity index (χ1v) is 8.50. The van der Waals surface area contributed by atoms with E-state index in [1.54, 1.807) is 13.8 Å². The van der Waals surface area contributed by atoms with E-state index < -0.39 is 24.5 Å². The molecule has 0 radical (unpaired) electrons. The van der Waals surface area contributed by atoms with E-state index in [0.29, 0.717) is 18.8 Å². The number of esters is 1. The van der Waals surface area contributed by atoms with Crippen molar-refractivity contribution in [1.82, 2.24) is 0 Å². The van der Waals surface area contributed by atoms with E-state index in [9.17, 15) is 9.90 Å². The molecule has 0 saturated carbocycles. The molecule has 0 unspecified atom stereocenters. The van der Waals surface area contributed by atoms with Crippen LogP contribution in [0.5, 0.6) is 0 Å². The molecule has 0 bridgehead atoms. The molecule has 4 atom stereocenters. The predicted octanol–water partition coefficient (Wildman–Crippen LogP) is 3.15. The van der Waals surface area contributed by atoms with Crippen LogP contribution < -0.4 is 0 Å². The van der Waals surface area contributed by atoms with Crippen LogP contribution in [0.25, 0.3) is 0 Å². The molecule has 24 heavy (non-hydrogen) atoms. The highest BCUT2D eigenvalue weighted by atomic mass is 16.7. The molecule has 1 rings (SSSR count). The van der Waals surface area contributed by atoms with Crippen molar-refractivity contribution in [3.63, 3.8) is 0 Å². The van der Waals surface area contributed by atoms with Gasteiger partial charge >= 0.3 is 5.97 Å². The third kappa shape index (κ3) is 6.59. The van der Waals surface area contributed by atoms with E-state index >= 15 is 0 Å². The van der Waals surface area contributed by atoms with Gasteiger partial charge in [0.15, 0.2) is 6.29 Å². The van der Waals surface area contributed by atoms with Gasteiger partial charge in [0.2, 0.25) is 0 Å². The molecule has 0 aromatic carbocycles. The molecular formula is C19H30O5. The van der Waals surface area contributed by atoms with Crippen molar-refractivity contribution in [1.29, 1.82) is 0 Å². The number of aliphatic hydroxyl groups is 1. The number of ether oxygens (including phenoxy) is 3. The minimum absolute atomic E-state index is 0.109. The van der Waals surface area contributed by atoms with Crippen LogP contribution in [0.3, 0.4) is 0 Å². The van der Waals surface area contributed by atoms with E-state index in [2.05, 4.69) is 19.9 Å². The fourth-order valence-corrected chi connectivity index (χ4v) is 2.43. The smallest absolute Gasteiger partial charge is 0.330 e. The largest absolute Gasteiger partial charge is 0.463 e. The summed E-state index contributed by atoms with van der Waals surface area (Å²) in [6.45, 7) is 10.3. The molecule has 0 amide bonds. The lowest BCUT2D eigenvalue weighted by molar-refractivity contribution is -0.197. The van der Waals surface area contributed by atoms with Gasteiger partial charge in [-0.3, -0.25) is 0 Å². The minimum Gasteiger partial charge on any atom is -0.463 e. The molecule has 1 heterocycles. The maximum Gasteiger partial charge on any atom is 0.330 e. The summed E-state index contributed by atoms with van der Waals surface area (Å²) in [5.74, 6) is -0.353. The summed E-state index contributed by atoms with van der Waals surface area (Å²) >= 11 is 0. The molecule has 0 aromatic heterocycles. The van der Waals surface area contributed by atoms with Crippen LogP contribution in [-0.2, 0) is 19.0 Å². The molecule has 1 aliphatic rings. The number of carbonyl (C=O) groups is 1. The second kappa shape index (κ2) is 10.4. The maximum atomic E-state index is 11.5. The van der Waals surface area contributed by atoms with E-state index in [1.165, 1.54) is 11.6 Å². The molecular weight excluding hydrogens is 308 g/mol. The number of hydrogen-bond donors (Lipinski definition) is 1. The Labute approximate surface area is 145 Å². The fraction of sp³-hybridized carbons (Fsp3) is 0.632. The van der Waals surface area contributed by atoms with Crippen LogP contribution in [-0.4, -0.2) is 42.8 Å². The Balaban J connectivity index is 2.81. The van der Waals surface area contributed by atoms with Crippen molar-refractivity contribution in [3.8, 4) is 0 Å². The SMILES string of the molecule is CCOC(=O)/C=C(\C)[C@@H](O)[C@H]1C=C[C@@H](CC=C(C)C)[C@@H](OCC)O1. The molecule has 0 aliphatic carbocycles. The summed E-state index contributed by atoms with van der Waals surface area (Å²) in [5, 5.41) is 10.4. The highest BCUT2D eigenvalue weighted by Crippen LogP contribution is 2.27. The zero-order chi connectivity index (χ0) is 18.1. The molecule has 5 nitrogen and oxygen atoms in total. The van der Waals surface area contributed by atoms with E-state index in [0.717, 1.165) is 6.42 Å². The van der Waals surface area contributed by atoms with Gasteiger partial charge in [-0.15, -0.1) is 0 Å². The van der Waals surface area contributed by atoms with Crippen molar-refractivity contribution >= 4 is 5.97 Å². The van der Waals surface area contributed by atoms with E-state index in [-0.39, 0.29) is 5.92 Å². The summed E-state index contributed by atoms with van der Waals surface area (Å²) in [5.41, 5.74) is 1.75. The number of allylic oxidation sites excluding steroid dienone is 2. The topological polar surface area (TPSA) is 65.0 Å². The highest BCUT2D eigenvalue weighted by Gasteiger charge is 2.31. The van der Waals surface area contributed by atoms with Gasteiger partial charge < -0.3 is 19.3 Å². The van der Waals surface area contributed by atoms with Gasteiger partial charge in [-0.1, -0.05) is 23.8 Å². The predicted molar refractivity (Wildman–Crippen MR) is 93.4 cm³/mol. The summed E-state index contributed by atoms with van der Waals surface area (Å²) in [4.78, 5) is 11.5. The lowest BCUT2D eigenvalue weighted by atomic mass is 9.96. The van der Waals surface area contributed by atoms with Crippen LogP contribution in [0.2, 0.25) is 0 Å². The number of carbonyl (C=O) groups excluding carboxylic acids is 1. The molecule has 5 heteroatoms. The molecule has 0 aromatic rings. The lowest BCUT2D eigenvalue weighted by Crippen LogP contribution is -2.40. The van der Waals surface area contributed by atoms with Crippen LogP contribution in [0.1, 0.15) is 41.0 Å². The Morgan fingerprint density at radius 3 is 2.54 bits per heavy atom. The van der Waals surface area contributed by atoms with Gasteiger partial charge in [0.25, 0.3) is 0 Å². The Hall–Kier alpha value is -1.43. The lowest BCUT2D eigenvalue weighted by Gasteiger charge is -2.34. The third-order valence-corrected chi connectivity index (χ3v) is 3.73.